The van der Waals surface area contributed by atoms with Crippen molar-refractivity contribution in [1.82, 2.24) is 0 Å². The molecule has 9 heteroatoms. The van der Waals surface area contributed by atoms with E-state index in [4.69, 9.17) is 18.9 Å². The fourth-order valence-electron chi connectivity index (χ4n) is 1.71. The van der Waals surface area contributed by atoms with Crippen LogP contribution in [-0.4, -0.2) is 47.6 Å². The maximum absolute atomic E-state index is 13.8. The summed E-state index contributed by atoms with van der Waals surface area (Å²) in [6.45, 7) is 3.30. The van der Waals surface area contributed by atoms with Crippen molar-refractivity contribution in [2.75, 3.05) is 0 Å². The van der Waals surface area contributed by atoms with Gasteiger partial charge in [-0.3, -0.25) is 14.4 Å². The van der Waals surface area contributed by atoms with Crippen LogP contribution >= 0.6 is 15.9 Å². The zero-order chi connectivity index (χ0) is 15.4. The monoisotopic (exact) mass is 356 g/mol. The number of esters is 3. The predicted molar refractivity (Wildman–Crippen MR) is 65.4 cm³/mol. The van der Waals surface area contributed by atoms with Crippen LogP contribution in [0.25, 0.3) is 0 Å². The van der Waals surface area contributed by atoms with Crippen molar-refractivity contribution in [3.8, 4) is 0 Å². The average Bonchev–Trinajstić information content (AvgIpc) is 2.27. The minimum absolute atomic E-state index is 0.681. The molecular weight excluding hydrogens is 343 g/mol. The Kier molecular flexibility index (Phi) is 5.88. The van der Waals surface area contributed by atoms with Crippen LogP contribution < -0.4 is 0 Å². The lowest BCUT2D eigenvalue weighted by Crippen LogP contribution is -2.58. The molecular formula is C11H14BrFO7. The summed E-state index contributed by atoms with van der Waals surface area (Å²) in [5.74, 6) is -2.20. The molecule has 20 heavy (non-hydrogen) atoms. The molecule has 7 nitrogen and oxygen atoms in total. The van der Waals surface area contributed by atoms with E-state index in [9.17, 15) is 18.8 Å². The summed E-state index contributed by atoms with van der Waals surface area (Å²) in [4.78, 5) is 33.2. The van der Waals surface area contributed by atoms with Crippen molar-refractivity contribution < 1.29 is 37.7 Å². The molecule has 1 aliphatic rings. The fourth-order valence-corrected chi connectivity index (χ4v) is 2.33. The van der Waals surface area contributed by atoms with Crippen LogP contribution in [0.4, 0.5) is 4.39 Å². The Morgan fingerprint density at radius 2 is 1.30 bits per heavy atom. The SMILES string of the molecule is CC(=O)OC1C(F)OC(Br)C(OC(C)=O)C1OC(C)=O. The maximum atomic E-state index is 13.8. The molecule has 1 aliphatic heterocycles. The topological polar surface area (TPSA) is 88.1 Å². The van der Waals surface area contributed by atoms with Gasteiger partial charge in [0.15, 0.2) is 23.3 Å². The Balaban J connectivity index is 3.01. The molecule has 0 radical (unpaired) electrons. The number of carbonyl (C=O) groups is 3. The molecule has 5 unspecified atom stereocenters. The van der Waals surface area contributed by atoms with Gasteiger partial charge in [0.1, 0.15) is 0 Å². The standard InChI is InChI=1S/C11H14BrFO7/c1-4(14)17-7-8(18-5(2)15)10(12)20-11(13)9(7)19-6(3)16/h7-11H,1-3H3. The molecule has 0 saturated carbocycles. The first-order chi connectivity index (χ1) is 9.22. The van der Waals surface area contributed by atoms with Gasteiger partial charge < -0.3 is 18.9 Å². The Bertz CT molecular complexity index is 374. The lowest BCUT2D eigenvalue weighted by molar-refractivity contribution is -0.254. The maximum Gasteiger partial charge on any atom is 0.303 e. The molecule has 1 heterocycles. The smallest absolute Gasteiger partial charge is 0.303 e. The van der Waals surface area contributed by atoms with Crippen molar-refractivity contribution in [3.63, 3.8) is 0 Å². The number of hydrogen-bond acceptors (Lipinski definition) is 7. The van der Waals surface area contributed by atoms with Gasteiger partial charge in [0.2, 0.25) is 6.36 Å². The Morgan fingerprint density at radius 3 is 1.75 bits per heavy atom. The van der Waals surface area contributed by atoms with Gasteiger partial charge >= 0.3 is 17.9 Å². The first-order valence-electron chi connectivity index (χ1n) is 5.67. The highest BCUT2D eigenvalue weighted by Gasteiger charge is 2.51. The van der Waals surface area contributed by atoms with E-state index in [-0.39, 0.29) is 0 Å². The van der Waals surface area contributed by atoms with Crippen molar-refractivity contribution in [2.45, 2.75) is 50.5 Å². The van der Waals surface area contributed by atoms with Crippen LogP contribution in [0.1, 0.15) is 20.8 Å². The highest BCUT2D eigenvalue weighted by atomic mass is 79.9. The van der Waals surface area contributed by atoms with Crippen LogP contribution in [0.5, 0.6) is 0 Å². The summed E-state index contributed by atoms with van der Waals surface area (Å²) in [5.41, 5.74) is 0. The van der Waals surface area contributed by atoms with Crippen LogP contribution in [0, 0.1) is 0 Å². The van der Waals surface area contributed by atoms with Gasteiger partial charge in [-0.2, -0.15) is 0 Å². The highest BCUT2D eigenvalue weighted by molar-refractivity contribution is 9.09. The van der Waals surface area contributed by atoms with E-state index < -0.39 is 47.6 Å². The van der Waals surface area contributed by atoms with E-state index in [1.54, 1.807) is 0 Å². The third kappa shape index (κ3) is 4.41. The van der Waals surface area contributed by atoms with Crippen LogP contribution in [0.15, 0.2) is 0 Å². The Hall–Kier alpha value is -1.22. The number of halogens is 2. The lowest BCUT2D eigenvalue weighted by Gasteiger charge is -2.40. The van der Waals surface area contributed by atoms with Gasteiger partial charge in [0.05, 0.1) is 0 Å². The van der Waals surface area contributed by atoms with E-state index in [0.717, 1.165) is 20.8 Å². The zero-order valence-electron chi connectivity index (χ0n) is 11.0. The van der Waals surface area contributed by atoms with Gasteiger partial charge in [0.25, 0.3) is 0 Å². The molecule has 0 aliphatic carbocycles. The number of alkyl halides is 2. The van der Waals surface area contributed by atoms with Crippen molar-refractivity contribution in [3.05, 3.63) is 0 Å². The van der Waals surface area contributed by atoms with E-state index >= 15 is 0 Å². The molecule has 0 aromatic rings. The molecule has 1 fully saturated rings. The molecule has 0 N–H and O–H groups in total. The van der Waals surface area contributed by atoms with Crippen LogP contribution in [0.2, 0.25) is 0 Å². The molecule has 0 aromatic heterocycles. The second-order valence-electron chi connectivity index (χ2n) is 4.06. The summed E-state index contributed by atoms with van der Waals surface area (Å²) in [7, 11) is 0. The second kappa shape index (κ2) is 6.98. The summed E-state index contributed by atoms with van der Waals surface area (Å²) >= 11 is 2.98. The van der Waals surface area contributed by atoms with E-state index in [2.05, 4.69) is 15.9 Å². The Labute approximate surface area is 122 Å². The third-order valence-electron chi connectivity index (χ3n) is 2.33. The van der Waals surface area contributed by atoms with Crippen LogP contribution in [-0.2, 0) is 33.3 Å². The van der Waals surface area contributed by atoms with E-state index in [0.29, 0.717) is 0 Å². The largest absolute Gasteiger partial charge is 0.455 e. The molecule has 1 saturated heterocycles. The molecule has 0 aromatic carbocycles. The Morgan fingerprint density at radius 1 is 0.900 bits per heavy atom. The van der Waals surface area contributed by atoms with Gasteiger partial charge in [-0.15, -0.1) is 0 Å². The van der Waals surface area contributed by atoms with Gasteiger partial charge in [0, 0.05) is 20.8 Å². The fraction of sp³-hybridized carbons (Fsp3) is 0.727. The summed E-state index contributed by atoms with van der Waals surface area (Å²) in [5, 5.41) is -1.04. The molecule has 0 bridgehead atoms. The summed E-state index contributed by atoms with van der Waals surface area (Å²) in [6, 6.07) is 0. The van der Waals surface area contributed by atoms with Crippen LogP contribution in [0.3, 0.4) is 0 Å². The lowest BCUT2D eigenvalue weighted by atomic mass is 10.1. The number of rotatable bonds is 3. The van der Waals surface area contributed by atoms with Crippen molar-refractivity contribution in [2.24, 2.45) is 0 Å². The average molecular weight is 357 g/mol. The third-order valence-corrected chi connectivity index (χ3v) is 3.07. The van der Waals surface area contributed by atoms with Crippen molar-refractivity contribution in [1.29, 1.82) is 0 Å². The van der Waals surface area contributed by atoms with Gasteiger partial charge in [-0.25, -0.2) is 4.39 Å². The second-order valence-corrected chi connectivity index (χ2v) is 4.96. The quantitative estimate of drug-likeness (QED) is 0.420. The first kappa shape index (κ1) is 16.8. The number of hydrogen-bond donors (Lipinski definition) is 0. The van der Waals surface area contributed by atoms with E-state index in [1.807, 2.05) is 0 Å². The molecule has 0 amide bonds. The van der Waals surface area contributed by atoms with E-state index in [1.165, 1.54) is 0 Å². The molecule has 114 valence electrons. The minimum Gasteiger partial charge on any atom is -0.455 e. The first-order valence-corrected chi connectivity index (χ1v) is 6.59. The van der Waals surface area contributed by atoms with Gasteiger partial charge in [-0.1, -0.05) is 15.9 Å². The number of carbonyl (C=O) groups excluding carboxylic acids is 3. The summed E-state index contributed by atoms with van der Waals surface area (Å²) < 4.78 is 33.2. The summed E-state index contributed by atoms with van der Waals surface area (Å²) in [6.07, 6.45) is -6.00. The van der Waals surface area contributed by atoms with Crippen molar-refractivity contribution >= 4 is 33.8 Å². The van der Waals surface area contributed by atoms with Gasteiger partial charge in [-0.05, 0) is 0 Å². The highest BCUT2D eigenvalue weighted by Crippen LogP contribution is 2.31. The zero-order valence-corrected chi connectivity index (χ0v) is 12.6. The molecule has 1 rings (SSSR count). The number of ether oxygens (including phenoxy) is 4. The molecule has 5 atom stereocenters. The molecule has 0 spiro atoms. The predicted octanol–water partition coefficient (Wildman–Crippen LogP) is 0.828. The minimum atomic E-state index is -2.03. The normalized spacial score (nSPS) is 33.1.